The van der Waals surface area contributed by atoms with Crippen molar-refractivity contribution in [3.05, 3.63) is 71.7 Å². The summed E-state index contributed by atoms with van der Waals surface area (Å²) < 4.78 is 41.3. The maximum Gasteiger partial charge on any atom is 0.227 e. The van der Waals surface area contributed by atoms with Gasteiger partial charge >= 0.3 is 0 Å². The van der Waals surface area contributed by atoms with Crippen LogP contribution < -0.4 is 4.90 Å². The predicted molar refractivity (Wildman–Crippen MR) is 101 cm³/mol. The minimum absolute atomic E-state index is 0.00677. The number of benzene rings is 2. The molecule has 1 aromatic heterocycles. The van der Waals surface area contributed by atoms with Crippen molar-refractivity contribution >= 4 is 22.5 Å². The molecule has 0 aliphatic carbocycles. The second kappa shape index (κ2) is 7.50. The normalized spacial score (nSPS) is 14.5. The maximum absolute atomic E-state index is 14.3. The van der Waals surface area contributed by atoms with Crippen LogP contribution in [0.25, 0.3) is 10.9 Å². The highest BCUT2D eigenvalue weighted by Crippen LogP contribution is 2.30. The van der Waals surface area contributed by atoms with Gasteiger partial charge in [-0.15, -0.1) is 0 Å². The molecule has 0 atom stereocenters. The Morgan fingerprint density at radius 2 is 1.57 bits per heavy atom. The second-order valence-corrected chi connectivity index (χ2v) is 6.75. The number of hydrogen-bond acceptors (Lipinski definition) is 3. The number of pyridine rings is 1. The van der Waals surface area contributed by atoms with Gasteiger partial charge in [0.05, 0.1) is 17.5 Å². The average molecular weight is 385 g/mol. The van der Waals surface area contributed by atoms with Gasteiger partial charge in [0.2, 0.25) is 5.91 Å². The molecule has 2 heterocycles. The molecule has 4 nitrogen and oxygen atoms in total. The van der Waals surface area contributed by atoms with E-state index < -0.39 is 11.6 Å². The van der Waals surface area contributed by atoms with E-state index in [0.717, 1.165) is 17.7 Å². The molecule has 2 aromatic carbocycles. The zero-order valence-corrected chi connectivity index (χ0v) is 15.0. The first kappa shape index (κ1) is 18.3. The third-order valence-electron chi connectivity index (χ3n) is 5.01. The molecule has 0 saturated carbocycles. The Morgan fingerprint density at radius 3 is 2.29 bits per heavy atom. The Bertz CT molecular complexity index is 1020. The summed E-state index contributed by atoms with van der Waals surface area (Å²) in [6.07, 6.45) is 1.67. The monoisotopic (exact) mass is 385 g/mol. The highest BCUT2D eigenvalue weighted by molar-refractivity contribution is 5.92. The molecule has 1 fully saturated rings. The Morgan fingerprint density at radius 1 is 0.893 bits per heavy atom. The van der Waals surface area contributed by atoms with Gasteiger partial charge in [-0.3, -0.25) is 9.78 Å². The third-order valence-corrected chi connectivity index (χ3v) is 5.01. The zero-order chi connectivity index (χ0) is 19.7. The summed E-state index contributed by atoms with van der Waals surface area (Å²) >= 11 is 0. The van der Waals surface area contributed by atoms with E-state index in [9.17, 15) is 18.0 Å². The van der Waals surface area contributed by atoms with E-state index in [1.54, 1.807) is 23.1 Å². The van der Waals surface area contributed by atoms with E-state index in [0.29, 0.717) is 31.9 Å². The molecule has 1 amide bonds. The van der Waals surface area contributed by atoms with Crippen LogP contribution in [0, 0.1) is 17.5 Å². The second-order valence-electron chi connectivity index (χ2n) is 6.75. The molecule has 4 rings (SSSR count). The first-order chi connectivity index (χ1) is 13.5. The van der Waals surface area contributed by atoms with Crippen LogP contribution in [0.15, 0.2) is 48.7 Å². The number of amides is 1. The van der Waals surface area contributed by atoms with Gasteiger partial charge in [-0.2, -0.15) is 0 Å². The predicted octanol–water partition coefficient (Wildman–Crippen LogP) is 3.54. The molecule has 144 valence electrons. The fourth-order valence-corrected chi connectivity index (χ4v) is 3.53. The van der Waals surface area contributed by atoms with Gasteiger partial charge in [-0.25, -0.2) is 13.2 Å². The van der Waals surface area contributed by atoms with Gasteiger partial charge in [0.1, 0.15) is 23.0 Å². The summed E-state index contributed by atoms with van der Waals surface area (Å²) in [7, 11) is 0. The number of halogens is 3. The van der Waals surface area contributed by atoms with Crippen LogP contribution in [0.2, 0.25) is 0 Å². The lowest BCUT2D eigenvalue weighted by molar-refractivity contribution is -0.130. The first-order valence-corrected chi connectivity index (χ1v) is 9.03. The summed E-state index contributed by atoms with van der Waals surface area (Å²) in [4.78, 5) is 20.1. The van der Waals surface area contributed by atoms with Gasteiger partial charge in [0.25, 0.3) is 0 Å². The average Bonchev–Trinajstić information content (AvgIpc) is 2.72. The lowest BCUT2D eigenvalue weighted by atomic mass is 10.1. The molecule has 28 heavy (non-hydrogen) atoms. The Balaban J connectivity index is 1.47. The number of anilines is 1. The van der Waals surface area contributed by atoms with Gasteiger partial charge < -0.3 is 9.80 Å². The van der Waals surface area contributed by atoms with Crippen molar-refractivity contribution in [1.29, 1.82) is 0 Å². The molecule has 0 unspecified atom stereocenters. The molecule has 1 aliphatic rings. The number of carbonyl (C=O) groups excluding carboxylic acids is 1. The van der Waals surface area contributed by atoms with E-state index in [1.807, 2.05) is 4.90 Å². The van der Waals surface area contributed by atoms with Gasteiger partial charge in [0, 0.05) is 32.4 Å². The summed E-state index contributed by atoms with van der Waals surface area (Å²) in [5.74, 6) is -1.46. The fraction of sp³-hybridized carbons (Fsp3) is 0.238. The number of nitrogens with zero attached hydrogens (tertiary/aromatic N) is 3. The molecule has 1 aliphatic heterocycles. The number of piperazine rings is 1. The van der Waals surface area contributed by atoms with Crippen molar-refractivity contribution in [2.24, 2.45) is 0 Å². The molecular weight excluding hydrogens is 367 g/mol. The lowest BCUT2D eigenvalue weighted by Gasteiger charge is -2.36. The van der Waals surface area contributed by atoms with Crippen LogP contribution >= 0.6 is 0 Å². The number of carbonyl (C=O) groups is 1. The molecule has 3 aromatic rings. The summed E-state index contributed by atoms with van der Waals surface area (Å²) in [6.45, 7) is 1.95. The molecule has 0 spiro atoms. The minimum Gasteiger partial charge on any atom is -0.367 e. The molecular formula is C21H18F3N3O. The first-order valence-electron chi connectivity index (χ1n) is 9.03. The smallest absolute Gasteiger partial charge is 0.227 e. The molecule has 0 radical (unpaired) electrons. The van der Waals surface area contributed by atoms with Gasteiger partial charge in [-0.05, 0) is 35.9 Å². The van der Waals surface area contributed by atoms with Crippen LogP contribution in [-0.2, 0) is 11.2 Å². The Labute approximate surface area is 160 Å². The number of rotatable bonds is 3. The van der Waals surface area contributed by atoms with Gasteiger partial charge in [-0.1, -0.05) is 12.1 Å². The van der Waals surface area contributed by atoms with E-state index >= 15 is 0 Å². The largest absolute Gasteiger partial charge is 0.367 e. The summed E-state index contributed by atoms with van der Waals surface area (Å²) in [6, 6.07) is 9.71. The lowest BCUT2D eigenvalue weighted by Crippen LogP contribution is -2.49. The van der Waals surface area contributed by atoms with E-state index in [1.165, 1.54) is 18.3 Å². The van der Waals surface area contributed by atoms with E-state index in [2.05, 4.69) is 4.98 Å². The topological polar surface area (TPSA) is 36.4 Å². The Kier molecular flexibility index (Phi) is 4.90. The van der Waals surface area contributed by atoms with Crippen molar-refractivity contribution in [3.8, 4) is 0 Å². The number of hydrogen-bond donors (Lipinski definition) is 0. The van der Waals surface area contributed by atoms with Crippen molar-refractivity contribution in [3.63, 3.8) is 0 Å². The maximum atomic E-state index is 14.3. The van der Waals surface area contributed by atoms with Crippen molar-refractivity contribution in [2.45, 2.75) is 6.42 Å². The van der Waals surface area contributed by atoms with Crippen molar-refractivity contribution in [1.82, 2.24) is 9.88 Å². The number of fused-ring (bicyclic) bond motifs is 1. The molecule has 0 bridgehead atoms. The minimum atomic E-state index is -0.564. The quantitative estimate of drug-likeness (QED) is 0.692. The van der Waals surface area contributed by atoms with Crippen LogP contribution in [0.3, 0.4) is 0 Å². The van der Waals surface area contributed by atoms with E-state index in [-0.39, 0.29) is 29.0 Å². The SMILES string of the molecule is O=C(Cc1ccc(F)cc1)N1CCN(c2ccnc3c(F)ccc(F)c23)CC1. The third kappa shape index (κ3) is 3.52. The highest BCUT2D eigenvalue weighted by Gasteiger charge is 2.24. The van der Waals surface area contributed by atoms with Crippen molar-refractivity contribution < 1.29 is 18.0 Å². The van der Waals surface area contributed by atoms with Gasteiger partial charge in [0.15, 0.2) is 0 Å². The van der Waals surface area contributed by atoms with Crippen LogP contribution in [0.4, 0.5) is 18.9 Å². The van der Waals surface area contributed by atoms with Crippen LogP contribution in [-0.4, -0.2) is 42.0 Å². The number of aromatic nitrogens is 1. The van der Waals surface area contributed by atoms with E-state index in [4.69, 9.17) is 0 Å². The summed E-state index contributed by atoms with van der Waals surface area (Å²) in [5.41, 5.74) is 1.34. The fourth-order valence-electron chi connectivity index (χ4n) is 3.53. The highest BCUT2D eigenvalue weighted by atomic mass is 19.1. The Hall–Kier alpha value is -3.09. The van der Waals surface area contributed by atoms with Crippen LogP contribution in [0.5, 0.6) is 0 Å². The molecule has 0 N–H and O–H groups in total. The van der Waals surface area contributed by atoms with Crippen molar-refractivity contribution in [2.75, 3.05) is 31.1 Å². The standard InChI is InChI=1S/C21H18F3N3O/c22-15-3-1-14(2-4-15)13-19(28)27-11-9-26(10-12-27)18-7-8-25-21-17(24)6-5-16(23)20(18)21/h1-8H,9-13H2. The zero-order valence-electron chi connectivity index (χ0n) is 15.0. The summed E-state index contributed by atoms with van der Waals surface area (Å²) in [5, 5.41) is 0.161. The van der Waals surface area contributed by atoms with Crippen LogP contribution in [0.1, 0.15) is 5.56 Å². The molecule has 7 heteroatoms. The molecule has 1 saturated heterocycles.